The first-order valence-electron chi connectivity index (χ1n) is 3.70. The smallest absolute Gasteiger partial charge is 0.336 e. The van der Waals surface area contributed by atoms with E-state index in [1.54, 1.807) is 31.2 Å². The molecule has 3 N–H and O–H groups in total. The van der Waals surface area contributed by atoms with Crippen LogP contribution >= 0.6 is 0 Å². The summed E-state index contributed by atoms with van der Waals surface area (Å²) in [7, 11) is 0. The molecule has 0 aromatic heterocycles. The van der Waals surface area contributed by atoms with Crippen molar-refractivity contribution in [2.75, 3.05) is 0 Å². The zero-order valence-electron chi connectivity index (χ0n) is 6.82. The Balaban J connectivity index is 3.17. The molecule has 0 spiro atoms. The van der Waals surface area contributed by atoms with Crippen LogP contribution in [-0.2, 0) is 0 Å². The zero-order valence-corrected chi connectivity index (χ0v) is 6.82. The number of carboxylic acids is 1. The maximum Gasteiger partial charge on any atom is 0.336 e. The number of carboxylic acid groups (broad SMARTS) is 1. The SMILES string of the molecule is CC(N)c1ccccc1C(=O)O. The molecular formula is C9H11NO2. The molecule has 1 rings (SSSR count). The van der Waals surface area contributed by atoms with Gasteiger partial charge in [-0.3, -0.25) is 0 Å². The summed E-state index contributed by atoms with van der Waals surface area (Å²) in [4.78, 5) is 10.7. The van der Waals surface area contributed by atoms with E-state index in [9.17, 15) is 4.79 Å². The van der Waals surface area contributed by atoms with E-state index in [-0.39, 0.29) is 11.6 Å². The summed E-state index contributed by atoms with van der Waals surface area (Å²) in [5.74, 6) is -0.928. The average Bonchev–Trinajstić information content (AvgIpc) is 2.04. The zero-order chi connectivity index (χ0) is 9.14. The van der Waals surface area contributed by atoms with Gasteiger partial charge in [-0.2, -0.15) is 0 Å². The van der Waals surface area contributed by atoms with Crippen LogP contribution in [0.2, 0.25) is 0 Å². The van der Waals surface area contributed by atoms with E-state index >= 15 is 0 Å². The number of rotatable bonds is 2. The third-order valence-corrected chi connectivity index (χ3v) is 1.68. The summed E-state index contributed by atoms with van der Waals surface area (Å²) in [6.07, 6.45) is 0. The van der Waals surface area contributed by atoms with Crippen molar-refractivity contribution in [3.05, 3.63) is 35.4 Å². The molecule has 0 aliphatic carbocycles. The maximum atomic E-state index is 10.7. The predicted octanol–water partition coefficient (Wildman–Crippen LogP) is 1.40. The third-order valence-electron chi connectivity index (χ3n) is 1.68. The number of aromatic carboxylic acids is 1. The van der Waals surface area contributed by atoms with E-state index in [0.29, 0.717) is 5.56 Å². The van der Waals surface area contributed by atoms with Crippen molar-refractivity contribution in [3.63, 3.8) is 0 Å². The van der Waals surface area contributed by atoms with E-state index in [4.69, 9.17) is 10.8 Å². The van der Waals surface area contributed by atoms with Crippen molar-refractivity contribution in [2.24, 2.45) is 5.73 Å². The summed E-state index contributed by atoms with van der Waals surface area (Å²) in [6.45, 7) is 1.77. The molecule has 0 saturated carbocycles. The molecule has 0 aliphatic heterocycles. The van der Waals surface area contributed by atoms with Gasteiger partial charge in [0, 0.05) is 6.04 Å². The Kier molecular flexibility index (Phi) is 2.45. The minimum Gasteiger partial charge on any atom is -0.478 e. The molecule has 1 aromatic carbocycles. The lowest BCUT2D eigenvalue weighted by Gasteiger charge is -2.08. The molecule has 0 aliphatic rings. The summed E-state index contributed by atoms with van der Waals surface area (Å²) in [6, 6.07) is 6.52. The lowest BCUT2D eigenvalue weighted by Crippen LogP contribution is -2.11. The van der Waals surface area contributed by atoms with Crippen molar-refractivity contribution in [1.82, 2.24) is 0 Å². The third kappa shape index (κ3) is 1.62. The highest BCUT2D eigenvalue weighted by Crippen LogP contribution is 2.14. The molecular weight excluding hydrogens is 154 g/mol. The first-order chi connectivity index (χ1) is 5.63. The number of nitrogens with two attached hydrogens (primary N) is 1. The normalized spacial score (nSPS) is 12.5. The number of hydrogen-bond acceptors (Lipinski definition) is 2. The highest BCUT2D eigenvalue weighted by atomic mass is 16.4. The second-order valence-electron chi connectivity index (χ2n) is 2.68. The van der Waals surface area contributed by atoms with E-state index in [0.717, 1.165) is 0 Å². The molecule has 64 valence electrons. The Hall–Kier alpha value is -1.35. The number of benzene rings is 1. The van der Waals surface area contributed by atoms with Gasteiger partial charge in [0.1, 0.15) is 0 Å². The van der Waals surface area contributed by atoms with Gasteiger partial charge in [0.25, 0.3) is 0 Å². The molecule has 0 bridgehead atoms. The van der Waals surface area contributed by atoms with Crippen LogP contribution in [0.15, 0.2) is 24.3 Å². The van der Waals surface area contributed by atoms with Crippen LogP contribution in [0.4, 0.5) is 0 Å². The average molecular weight is 165 g/mol. The van der Waals surface area contributed by atoms with Crippen molar-refractivity contribution >= 4 is 5.97 Å². The fourth-order valence-electron chi connectivity index (χ4n) is 1.09. The Morgan fingerprint density at radius 2 is 2.08 bits per heavy atom. The van der Waals surface area contributed by atoms with Crippen LogP contribution in [0.25, 0.3) is 0 Å². The van der Waals surface area contributed by atoms with Crippen LogP contribution in [-0.4, -0.2) is 11.1 Å². The van der Waals surface area contributed by atoms with E-state index < -0.39 is 5.97 Å². The quantitative estimate of drug-likeness (QED) is 0.696. The van der Waals surface area contributed by atoms with Crippen LogP contribution in [0.5, 0.6) is 0 Å². The van der Waals surface area contributed by atoms with Crippen LogP contribution in [0, 0.1) is 0 Å². The van der Waals surface area contributed by atoms with Crippen molar-refractivity contribution < 1.29 is 9.90 Å². The van der Waals surface area contributed by atoms with E-state index in [2.05, 4.69) is 0 Å². The molecule has 12 heavy (non-hydrogen) atoms. The molecule has 0 fully saturated rings. The van der Waals surface area contributed by atoms with Gasteiger partial charge in [-0.25, -0.2) is 4.79 Å². The minimum absolute atomic E-state index is 0.239. The van der Waals surface area contributed by atoms with Gasteiger partial charge in [0.2, 0.25) is 0 Å². The van der Waals surface area contributed by atoms with Gasteiger partial charge in [-0.05, 0) is 18.6 Å². The Labute approximate surface area is 70.8 Å². The highest BCUT2D eigenvalue weighted by Gasteiger charge is 2.10. The Morgan fingerprint density at radius 1 is 1.50 bits per heavy atom. The Bertz CT molecular complexity index is 294. The van der Waals surface area contributed by atoms with Crippen molar-refractivity contribution in [2.45, 2.75) is 13.0 Å². The summed E-state index contributed by atoms with van der Waals surface area (Å²) in [5, 5.41) is 8.76. The fourth-order valence-corrected chi connectivity index (χ4v) is 1.09. The highest BCUT2D eigenvalue weighted by molar-refractivity contribution is 5.89. The number of carbonyl (C=O) groups is 1. The van der Waals surface area contributed by atoms with Crippen LogP contribution < -0.4 is 5.73 Å². The monoisotopic (exact) mass is 165 g/mol. The Morgan fingerprint density at radius 3 is 2.50 bits per heavy atom. The molecule has 0 heterocycles. The van der Waals surface area contributed by atoms with Crippen LogP contribution in [0.3, 0.4) is 0 Å². The maximum absolute atomic E-state index is 10.7. The van der Waals surface area contributed by atoms with Gasteiger partial charge < -0.3 is 10.8 Å². The summed E-state index contributed by atoms with van der Waals surface area (Å²) in [5.41, 5.74) is 6.55. The molecule has 0 radical (unpaired) electrons. The first kappa shape index (κ1) is 8.74. The van der Waals surface area contributed by atoms with Gasteiger partial charge in [-0.15, -0.1) is 0 Å². The van der Waals surface area contributed by atoms with E-state index in [1.165, 1.54) is 0 Å². The number of hydrogen-bond donors (Lipinski definition) is 2. The molecule has 3 nitrogen and oxygen atoms in total. The van der Waals surface area contributed by atoms with Gasteiger partial charge in [0.05, 0.1) is 5.56 Å². The van der Waals surface area contributed by atoms with Gasteiger partial charge >= 0.3 is 5.97 Å². The standard InChI is InChI=1S/C9H11NO2/c1-6(10)7-4-2-3-5-8(7)9(11)12/h2-6H,10H2,1H3,(H,11,12). The summed E-state index contributed by atoms with van der Waals surface area (Å²) >= 11 is 0. The van der Waals surface area contributed by atoms with Crippen molar-refractivity contribution in [3.8, 4) is 0 Å². The molecule has 1 atom stereocenters. The lowest BCUT2D eigenvalue weighted by atomic mass is 10.0. The second-order valence-corrected chi connectivity index (χ2v) is 2.68. The molecule has 0 amide bonds. The van der Waals surface area contributed by atoms with Gasteiger partial charge in [0.15, 0.2) is 0 Å². The van der Waals surface area contributed by atoms with Crippen LogP contribution in [0.1, 0.15) is 28.9 Å². The predicted molar refractivity (Wildman–Crippen MR) is 46.0 cm³/mol. The topological polar surface area (TPSA) is 63.3 Å². The summed E-state index contributed by atoms with van der Waals surface area (Å²) < 4.78 is 0. The van der Waals surface area contributed by atoms with E-state index in [1.807, 2.05) is 0 Å². The van der Waals surface area contributed by atoms with Gasteiger partial charge in [-0.1, -0.05) is 18.2 Å². The molecule has 1 unspecified atom stereocenters. The lowest BCUT2D eigenvalue weighted by molar-refractivity contribution is 0.0695. The fraction of sp³-hybridized carbons (Fsp3) is 0.222. The molecule has 3 heteroatoms. The van der Waals surface area contributed by atoms with Crippen molar-refractivity contribution in [1.29, 1.82) is 0 Å². The molecule has 1 aromatic rings. The first-order valence-corrected chi connectivity index (χ1v) is 3.70. The minimum atomic E-state index is -0.928. The largest absolute Gasteiger partial charge is 0.478 e. The second kappa shape index (κ2) is 3.36. The molecule has 0 saturated heterocycles.